The smallest absolute Gasteiger partial charge is 0.335 e. The standard InChI is InChI=1S/C20H26N4O4/c1-14-6-3-4-7-16(14)24-19(26)17(18(25)22-20(24)27)15(2)21-8-5-9-23-10-12-28-13-11-23/h3-4,6-7,17H,5,8-13H2,1-2H3,(H,22,25,27)/t17-/m1/s1. The number of ether oxygens (including phenoxy) is 1. The molecule has 0 aromatic heterocycles. The minimum absolute atomic E-state index is 0.426. The molecule has 2 saturated heterocycles. The Bertz CT molecular complexity index is 786. The van der Waals surface area contributed by atoms with E-state index in [1.165, 1.54) is 0 Å². The third-order valence-corrected chi connectivity index (χ3v) is 5.03. The zero-order chi connectivity index (χ0) is 20.1. The second-order valence-corrected chi connectivity index (χ2v) is 7.02. The van der Waals surface area contributed by atoms with Crippen molar-refractivity contribution in [2.24, 2.45) is 10.9 Å². The van der Waals surface area contributed by atoms with Crippen LogP contribution in [0.4, 0.5) is 10.5 Å². The Morgan fingerprint density at radius 2 is 1.93 bits per heavy atom. The maximum atomic E-state index is 13.0. The molecule has 3 rings (SSSR count). The van der Waals surface area contributed by atoms with E-state index in [0.717, 1.165) is 49.7 Å². The number of aryl methyl sites for hydroxylation is 1. The van der Waals surface area contributed by atoms with Crippen LogP contribution in [0, 0.1) is 12.8 Å². The van der Waals surface area contributed by atoms with Gasteiger partial charge in [-0.1, -0.05) is 18.2 Å². The van der Waals surface area contributed by atoms with Crippen LogP contribution in [-0.2, 0) is 14.3 Å². The van der Waals surface area contributed by atoms with Crippen LogP contribution in [0.2, 0.25) is 0 Å². The van der Waals surface area contributed by atoms with Gasteiger partial charge in [-0.3, -0.25) is 24.8 Å². The maximum absolute atomic E-state index is 13.0. The molecule has 4 amide bonds. The zero-order valence-electron chi connectivity index (χ0n) is 16.3. The number of nitrogens with zero attached hydrogens (tertiary/aromatic N) is 3. The fourth-order valence-corrected chi connectivity index (χ4v) is 3.45. The van der Waals surface area contributed by atoms with E-state index in [0.29, 0.717) is 17.9 Å². The number of amides is 4. The van der Waals surface area contributed by atoms with Crippen LogP contribution in [0.3, 0.4) is 0 Å². The van der Waals surface area contributed by atoms with Crippen LogP contribution in [0.1, 0.15) is 18.9 Å². The second-order valence-electron chi connectivity index (χ2n) is 7.02. The van der Waals surface area contributed by atoms with Gasteiger partial charge in [0.25, 0.3) is 5.91 Å². The predicted octanol–water partition coefficient (Wildman–Crippen LogP) is 1.38. The summed E-state index contributed by atoms with van der Waals surface area (Å²) in [5.41, 5.74) is 1.68. The second kappa shape index (κ2) is 9.07. The Morgan fingerprint density at radius 1 is 1.21 bits per heavy atom. The first-order valence-corrected chi connectivity index (χ1v) is 9.54. The molecule has 1 atom stereocenters. The van der Waals surface area contributed by atoms with Gasteiger partial charge in [-0.05, 0) is 31.9 Å². The number of morpholine rings is 1. The summed E-state index contributed by atoms with van der Waals surface area (Å²) in [4.78, 5) is 45.4. The van der Waals surface area contributed by atoms with Gasteiger partial charge in [0.1, 0.15) is 0 Å². The molecule has 2 aliphatic heterocycles. The molecule has 0 unspecified atom stereocenters. The number of rotatable bonds is 6. The minimum atomic E-state index is -1.08. The number of hydrogen-bond donors (Lipinski definition) is 1. The summed E-state index contributed by atoms with van der Waals surface area (Å²) in [5, 5.41) is 2.28. The third-order valence-electron chi connectivity index (χ3n) is 5.03. The van der Waals surface area contributed by atoms with Crippen LogP contribution in [0.25, 0.3) is 0 Å². The van der Waals surface area contributed by atoms with Gasteiger partial charge in [-0.2, -0.15) is 0 Å². The van der Waals surface area contributed by atoms with E-state index in [2.05, 4.69) is 15.2 Å². The normalized spacial score (nSPS) is 21.8. The highest BCUT2D eigenvalue weighted by molar-refractivity contribution is 6.35. The molecular weight excluding hydrogens is 360 g/mol. The Kier molecular flexibility index (Phi) is 6.53. The molecule has 2 heterocycles. The molecule has 0 radical (unpaired) electrons. The largest absolute Gasteiger partial charge is 0.379 e. The summed E-state index contributed by atoms with van der Waals surface area (Å²) >= 11 is 0. The van der Waals surface area contributed by atoms with Crippen molar-refractivity contribution in [1.82, 2.24) is 10.2 Å². The van der Waals surface area contributed by atoms with Crippen LogP contribution in [0.5, 0.6) is 0 Å². The molecule has 0 aliphatic carbocycles. The Balaban J connectivity index is 1.67. The van der Waals surface area contributed by atoms with E-state index in [9.17, 15) is 14.4 Å². The number of hydrogen-bond acceptors (Lipinski definition) is 6. The van der Waals surface area contributed by atoms with Gasteiger partial charge in [0.15, 0.2) is 5.92 Å². The Hall–Kier alpha value is -2.58. The SMILES string of the molecule is CC(=NCCCN1CCOCC1)[C@@H]1C(=O)NC(=O)N(c2ccccc2C)C1=O. The summed E-state index contributed by atoms with van der Waals surface area (Å²) in [5.74, 6) is -2.26. The van der Waals surface area contributed by atoms with Crippen LogP contribution < -0.4 is 10.2 Å². The number of carbonyl (C=O) groups excluding carboxylic acids is 3. The van der Waals surface area contributed by atoms with Crippen molar-refractivity contribution < 1.29 is 19.1 Å². The van der Waals surface area contributed by atoms with Gasteiger partial charge in [0.2, 0.25) is 5.91 Å². The quantitative estimate of drug-likeness (QED) is 0.453. The lowest BCUT2D eigenvalue weighted by Crippen LogP contribution is -2.60. The van der Waals surface area contributed by atoms with E-state index < -0.39 is 23.8 Å². The van der Waals surface area contributed by atoms with E-state index >= 15 is 0 Å². The fourth-order valence-electron chi connectivity index (χ4n) is 3.45. The van der Waals surface area contributed by atoms with Crippen molar-refractivity contribution in [3.63, 3.8) is 0 Å². The molecule has 28 heavy (non-hydrogen) atoms. The summed E-state index contributed by atoms with van der Waals surface area (Å²) < 4.78 is 5.33. The van der Waals surface area contributed by atoms with Crippen LogP contribution >= 0.6 is 0 Å². The summed E-state index contributed by atoms with van der Waals surface area (Å²) in [7, 11) is 0. The first kappa shape index (κ1) is 20.2. The van der Waals surface area contributed by atoms with Crippen molar-refractivity contribution in [1.29, 1.82) is 0 Å². The van der Waals surface area contributed by atoms with Gasteiger partial charge >= 0.3 is 6.03 Å². The molecule has 1 aromatic carbocycles. The number of nitrogens with one attached hydrogen (secondary N) is 1. The van der Waals surface area contributed by atoms with E-state index in [1.807, 2.05) is 19.1 Å². The molecule has 8 nitrogen and oxygen atoms in total. The van der Waals surface area contributed by atoms with Gasteiger partial charge in [-0.25, -0.2) is 9.69 Å². The van der Waals surface area contributed by atoms with Crippen molar-refractivity contribution in [3.05, 3.63) is 29.8 Å². The monoisotopic (exact) mass is 386 g/mol. The predicted molar refractivity (Wildman–Crippen MR) is 106 cm³/mol. The highest BCUT2D eigenvalue weighted by Gasteiger charge is 2.43. The average Bonchev–Trinajstić information content (AvgIpc) is 2.67. The summed E-state index contributed by atoms with van der Waals surface area (Å²) in [6.45, 7) is 8.25. The number of anilines is 1. The average molecular weight is 386 g/mol. The maximum Gasteiger partial charge on any atom is 0.335 e. The van der Waals surface area contributed by atoms with Gasteiger partial charge < -0.3 is 4.74 Å². The molecule has 0 saturated carbocycles. The first-order valence-electron chi connectivity index (χ1n) is 9.54. The summed E-state index contributed by atoms with van der Waals surface area (Å²) in [6.07, 6.45) is 0.834. The Morgan fingerprint density at radius 3 is 2.64 bits per heavy atom. The fraction of sp³-hybridized carbons (Fsp3) is 0.500. The van der Waals surface area contributed by atoms with E-state index in [4.69, 9.17) is 4.74 Å². The van der Waals surface area contributed by atoms with Gasteiger partial charge in [0, 0.05) is 31.9 Å². The number of urea groups is 1. The zero-order valence-corrected chi connectivity index (χ0v) is 16.3. The lowest BCUT2D eigenvalue weighted by molar-refractivity contribution is -0.131. The molecule has 2 fully saturated rings. The summed E-state index contributed by atoms with van der Waals surface area (Å²) in [6, 6.07) is 6.36. The minimum Gasteiger partial charge on any atom is -0.379 e. The van der Waals surface area contributed by atoms with Gasteiger partial charge in [-0.15, -0.1) is 0 Å². The molecular formula is C20H26N4O4. The van der Waals surface area contributed by atoms with Crippen molar-refractivity contribution in [3.8, 4) is 0 Å². The lowest BCUT2D eigenvalue weighted by atomic mass is 9.98. The molecule has 1 aromatic rings. The number of carbonyl (C=O) groups is 3. The third kappa shape index (κ3) is 4.45. The van der Waals surface area contributed by atoms with Crippen LogP contribution in [0.15, 0.2) is 29.3 Å². The molecule has 2 aliphatic rings. The van der Waals surface area contributed by atoms with Crippen molar-refractivity contribution in [2.45, 2.75) is 20.3 Å². The molecule has 8 heteroatoms. The number of barbiturate groups is 1. The Labute approximate surface area is 164 Å². The number of aliphatic imine (C=N–C) groups is 1. The van der Waals surface area contributed by atoms with Crippen molar-refractivity contribution in [2.75, 3.05) is 44.3 Å². The van der Waals surface area contributed by atoms with E-state index in [-0.39, 0.29) is 0 Å². The van der Waals surface area contributed by atoms with Crippen molar-refractivity contribution >= 4 is 29.2 Å². The molecule has 150 valence electrons. The van der Waals surface area contributed by atoms with Crippen LogP contribution in [-0.4, -0.2) is 67.8 Å². The number of benzene rings is 1. The topological polar surface area (TPSA) is 91.3 Å². The van der Waals surface area contributed by atoms with E-state index in [1.54, 1.807) is 19.1 Å². The number of para-hydroxylation sites is 1. The lowest BCUT2D eigenvalue weighted by Gasteiger charge is -2.31. The first-order chi connectivity index (χ1) is 13.5. The van der Waals surface area contributed by atoms with Gasteiger partial charge in [0.05, 0.1) is 18.9 Å². The molecule has 0 bridgehead atoms. The highest BCUT2D eigenvalue weighted by atomic mass is 16.5. The molecule has 1 N–H and O–H groups in total. The highest BCUT2D eigenvalue weighted by Crippen LogP contribution is 2.24. The number of imide groups is 2. The molecule has 0 spiro atoms.